The summed E-state index contributed by atoms with van der Waals surface area (Å²) in [4.78, 5) is 0.968. The molecular weight excluding hydrogens is 174 g/mol. The SMILES string of the molecule is OC1Nc2ccccc2SC1O. The number of thioether (sulfide) groups is 1. The molecule has 2 unspecified atom stereocenters. The summed E-state index contributed by atoms with van der Waals surface area (Å²) < 4.78 is 0. The molecule has 0 bridgehead atoms. The van der Waals surface area contributed by atoms with E-state index in [9.17, 15) is 10.2 Å². The van der Waals surface area contributed by atoms with Gasteiger partial charge >= 0.3 is 0 Å². The van der Waals surface area contributed by atoms with Crippen LogP contribution in [0.4, 0.5) is 5.69 Å². The summed E-state index contributed by atoms with van der Waals surface area (Å²) in [5.74, 6) is 0. The summed E-state index contributed by atoms with van der Waals surface area (Å²) in [6, 6.07) is 7.56. The van der Waals surface area contributed by atoms with Crippen molar-refractivity contribution in [1.82, 2.24) is 0 Å². The summed E-state index contributed by atoms with van der Waals surface area (Å²) in [5, 5.41) is 21.3. The van der Waals surface area contributed by atoms with Gasteiger partial charge < -0.3 is 15.5 Å². The van der Waals surface area contributed by atoms with Gasteiger partial charge in [0.05, 0.1) is 0 Å². The van der Waals surface area contributed by atoms with Crippen molar-refractivity contribution in [2.24, 2.45) is 0 Å². The minimum absolute atomic E-state index is 0.778. The van der Waals surface area contributed by atoms with Gasteiger partial charge in [0.1, 0.15) is 5.44 Å². The second kappa shape index (κ2) is 2.97. The van der Waals surface area contributed by atoms with Crippen LogP contribution in [0, 0.1) is 0 Å². The third-order valence-corrected chi connectivity index (χ3v) is 2.82. The number of rotatable bonds is 0. The molecule has 0 saturated heterocycles. The maximum Gasteiger partial charge on any atom is 0.160 e. The van der Waals surface area contributed by atoms with Gasteiger partial charge in [-0.1, -0.05) is 23.9 Å². The van der Waals surface area contributed by atoms with E-state index < -0.39 is 11.7 Å². The molecule has 1 aromatic rings. The van der Waals surface area contributed by atoms with Crippen molar-refractivity contribution in [3.63, 3.8) is 0 Å². The van der Waals surface area contributed by atoms with Crippen LogP contribution in [-0.4, -0.2) is 21.9 Å². The Kier molecular flexibility index (Phi) is 1.96. The number of hydrogen-bond donors (Lipinski definition) is 3. The third-order valence-electron chi connectivity index (χ3n) is 1.71. The van der Waals surface area contributed by atoms with Gasteiger partial charge in [0.2, 0.25) is 0 Å². The fraction of sp³-hybridized carbons (Fsp3) is 0.250. The highest BCUT2D eigenvalue weighted by Gasteiger charge is 2.24. The van der Waals surface area contributed by atoms with Crippen molar-refractivity contribution in [3.05, 3.63) is 24.3 Å². The molecule has 1 aliphatic heterocycles. The number of anilines is 1. The van der Waals surface area contributed by atoms with Gasteiger partial charge in [0.15, 0.2) is 6.23 Å². The summed E-state index contributed by atoms with van der Waals surface area (Å²) in [6.07, 6.45) is -0.870. The van der Waals surface area contributed by atoms with E-state index in [2.05, 4.69) is 5.32 Å². The summed E-state index contributed by atoms with van der Waals surface area (Å²) in [5.41, 5.74) is 0.0974. The van der Waals surface area contributed by atoms with Crippen LogP contribution >= 0.6 is 11.8 Å². The average Bonchev–Trinajstić information content (AvgIpc) is 2.07. The van der Waals surface area contributed by atoms with Gasteiger partial charge in [-0.05, 0) is 12.1 Å². The number of hydrogen-bond acceptors (Lipinski definition) is 4. The Morgan fingerprint density at radius 3 is 2.83 bits per heavy atom. The largest absolute Gasteiger partial charge is 0.377 e. The zero-order valence-electron chi connectivity index (χ0n) is 6.27. The smallest absolute Gasteiger partial charge is 0.160 e. The van der Waals surface area contributed by atoms with Crippen LogP contribution in [0.2, 0.25) is 0 Å². The fourth-order valence-corrected chi connectivity index (χ4v) is 1.98. The van der Waals surface area contributed by atoms with Crippen LogP contribution in [0.1, 0.15) is 0 Å². The van der Waals surface area contributed by atoms with Gasteiger partial charge in [-0.3, -0.25) is 0 Å². The molecule has 0 amide bonds. The van der Waals surface area contributed by atoms with E-state index in [0.29, 0.717) is 0 Å². The van der Waals surface area contributed by atoms with E-state index in [0.717, 1.165) is 10.6 Å². The quantitative estimate of drug-likeness (QED) is 0.558. The maximum atomic E-state index is 9.27. The number of para-hydroxylation sites is 1. The van der Waals surface area contributed by atoms with Gasteiger partial charge in [0, 0.05) is 10.6 Å². The molecule has 3 N–H and O–H groups in total. The van der Waals surface area contributed by atoms with Crippen LogP contribution in [0.3, 0.4) is 0 Å². The first-order chi connectivity index (χ1) is 5.77. The Balaban J connectivity index is 2.34. The van der Waals surface area contributed by atoms with E-state index in [-0.39, 0.29) is 0 Å². The zero-order chi connectivity index (χ0) is 8.55. The molecule has 0 fully saturated rings. The molecule has 1 aliphatic rings. The summed E-state index contributed by atoms with van der Waals surface area (Å²) in [6.45, 7) is 0. The molecule has 0 aliphatic carbocycles. The van der Waals surface area contributed by atoms with Gasteiger partial charge in [-0.25, -0.2) is 0 Å². The van der Waals surface area contributed by atoms with Gasteiger partial charge in [0.25, 0.3) is 0 Å². The molecule has 2 atom stereocenters. The lowest BCUT2D eigenvalue weighted by molar-refractivity contribution is 0.0918. The average molecular weight is 183 g/mol. The number of fused-ring (bicyclic) bond motifs is 1. The van der Waals surface area contributed by atoms with Crippen molar-refractivity contribution in [2.75, 3.05) is 5.32 Å². The van der Waals surface area contributed by atoms with Gasteiger partial charge in [-0.15, -0.1) is 0 Å². The van der Waals surface area contributed by atoms with E-state index in [1.165, 1.54) is 11.8 Å². The van der Waals surface area contributed by atoms with Crippen LogP contribution in [0.15, 0.2) is 29.2 Å². The molecule has 64 valence electrons. The number of aliphatic hydroxyl groups is 2. The molecule has 0 saturated carbocycles. The molecule has 3 nitrogen and oxygen atoms in total. The maximum absolute atomic E-state index is 9.27. The summed E-state index contributed by atoms with van der Waals surface area (Å²) >= 11 is 1.26. The Morgan fingerprint density at radius 2 is 2.00 bits per heavy atom. The molecule has 1 aromatic carbocycles. The number of nitrogens with one attached hydrogen (secondary N) is 1. The van der Waals surface area contributed by atoms with E-state index in [1.54, 1.807) is 0 Å². The lowest BCUT2D eigenvalue weighted by atomic mass is 10.3. The van der Waals surface area contributed by atoms with Crippen LogP contribution in [0.25, 0.3) is 0 Å². The van der Waals surface area contributed by atoms with Crippen LogP contribution in [-0.2, 0) is 0 Å². The second-order valence-electron chi connectivity index (χ2n) is 2.59. The second-order valence-corrected chi connectivity index (χ2v) is 3.75. The molecule has 4 heteroatoms. The van der Waals surface area contributed by atoms with Crippen molar-refractivity contribution in [3.8, 4) is 0 Å². The standard InChI is InChI=1S/C8H9NO2S/c10-7-8(11)12-6-4-2-1-3-5(6)9-7/h1-4,7-11H. The summed E-state index contributed by atoms with van der Waals surface area (Å²) in [7, 11) is 0. The van der Waals surface area contributed by atoms with Crippen LogP contribution in [0.5, 0.6) is 0 Å². The Bertz CT molecular complexity index is 263. The molecule has 0 spiro atoms. The topological polar surface area (TPSA) is 52.5 Å². The fourth-order valence-electron chi connectivity index (χ4n) is 1.11. The van der Waals surface area contributed by atoms with Gasteiger partial charge in [-0.2, -0.15) is 0 Å². The lowest BCUT2D eigenvalue weighted by Gasteiger charge is -2.26. The molecule has 0 radical (unpaired) electrons. The monoisotopic (exact) mass is 183 g/mol. The van der Waals surface area contributed by atoms with E-state index in [4.69, 9.17) is 0 Å². The highest BCUT2D eigenvalue weighted by Crippen LogP contribution is 2.35. The third kappa shape index (κ3) is 1.29. The minimum Gasteiger partial charge on any atom is -0.377 e. The lowest BCUT2D eigenvalue weighted by Crippen LogP contribution is -2.33. The molecule has 0 aromatic heterocycles. The highest BCUT2D eigenvalue weighted by atomic mass is 32.2. The molecule has 1 heterocycles. The first-order valence-corrected chi connectivity index (χ1v) is 4.54. The predicted octanol–water partition coefficient (Wildman–Crippen LogP) is 0.841. The number of benzene rings is 1. The van der Waals surface area contributed by atoms with Crippen molar-refractivity contribution in [1.29, 1.82) is 0 Å². The first kappa shape index (κ1) is 7.91. The van der Waals surface area contributed by atoms with E-state index >= 15 is 0 Å². The minimum atomic E-state index is -0.870. The molecular formula is C8H9NO2S. The van der Waals surface area contributed by atoms with Crippen LogP contribution < -0.4 is 5.32 Å². The van der Waals surface area contributed by atoms with Crippen molar-refractivity contribution < 1.29 is 10.2 Å². The van der Waals surface area contributed by atoms with Crippen molar-refractivity contribution >= 4 is 17.4 Å². The zero-order valence-corrected chi connectivity index (χ0v) is 7.08. The van der Waals surface area contributed by atoms with Crippen molar-refractivity contribution in [2.45, 2.75) is 16.6 Å². The Morgan fingerprint density at radius 1 is 1.25 bits per heavy atom. The Labute approximate surface area is 74.4 Å². The normalized spacial score (nSPS) is 27.5. The first-order valence-electron chi connectivity index (χ1n) is 3.66. The molecule has 2 rings (SSSR count). The highest BCUT2D eigenvalue weighted by molar-refractivity contribution is 8.00. The molecule has 12 heavy (non-hydrogen) atoms. The van der Waals surface area contributed by atoms with E-state index in [1.807, 2.05) is 24.3 Å². The Hall–Kier alpha value is -0.710. The number of aliphatic hydroxyl groups excluding tert-OH is 2. The predicted molar refractivity (Wildman–Crippen MR) is 47.9 cm³/mol.